The zero-order chi connectivity index (χ0) is 20.1. The van der Waals surface area contributed by atoms with Crippen LogP contribution < -0.4 is 15.5 Å². The smallest absolute Gasteiger partial charge is 0.274 e. The molecule has 0 bridgehead atoms. The minimum atomic E-state index is -0.278. The molecule has 1 aromatic heterocycles. The molecule has 0 spiro atoms. The van der Waals surface area contributed by atoms with E-state index in [9.17, 15) is 4.79 Å². The Morgan fingerprint density at radius 1 is 1.00 bits per heavy atom. The van der Waals surface area contributed by atoms with Gasteiger partial charge in [-0.15, -0.1) is 0 Å². The van der Waals surface area contributed by atoms with Gasteiger partial charge in [0.15, 0.2) is 0 Å². The van der Waals surface area contributed by atoms with E-state index in [-0.39, 0.29) is 5.91 Å². The lowest BCUT2D eigenvalue weighted by atomic mass is 10.0. The number of benzene rings is 2. The number of carbonyl (C=O) groups is 1. The summed E-state index contributed by atoms with van der Waals surface area (Å²) < 4.78 is 0. The molecule has 3 aromatic rings. The van der Waals surface area contributed by atoms with Crippen molar-refractivity contribution in [2.45, 2.75) is 19.8 Å². The van der Waals surface area contributed by atoms with Crippen molar-refractivity contribution in [2.75, 3.05) is 29.6 Å². The molecular formula is C22H25N5O. The second-order valence-corrected chi connectivity index (χ2v) is 7.05. The maximum Gasteiger partial charge on any atom is 0.274 e. The van der Waals surface area contributed by atoms with Gasteiger partial charge in [-0.05, 0) is 41.8 Å². The van der Waals surface area contributed by atoms with Crippen LogP contribution in [0, 0.1) is 0 Å². The van der Waals surface area contributed by atoms with Gasteiger partial charge in [0.25, 0.3) is 5.91 Å². The van der Waals surface area contributed by atoms with E-state index in [2.05, 4.69) is 40.5 Å². The number of hydrogen-bond acceptors (Lipinski definition) is 5. The first-order chi connectivity index (χ1) is 13.4. The van der Waals surface area contributed by atoms with E-state index in [0.717, 1.165) is 11.4 Å². The number of nitrogens with one attached hydrogen (secondary N) is 2. The van der Waals surface area contributed by atoms with E-state index in [1.165, 1.54) is 11.9 Å². The number of nitrogens with zero attached hydrogens (tertiary/aromatic N) is 3. The topological polar surface area (TPSA) is 70.2 Å². The average Bonchev–Trinajstić information content (AvgIpc) is 2.69. The lowest BCUT2D eigenvalue weighted by Crippen LogP contribution is -2.15. The molecule has 2 aromatic carbocycles. The summed E-state index contributed by atoms with van der Waals surface area (Å²) in [6, 6.07) is 17.4. The van der Waals surface area contributed by atoms with Crippen molar-refractivity contribution in [3.8, 4) is 0 Å². The molecule has 0 atom stereocenters. The van der Waals surface area contributed by atoms with Crippen molar-refractivity contribution in [1.82, 2.24) is 9.97 Å². The Bertz CT molecular complexity index is 951. The summed E-state index contributed by atoms with van der Waals surface area (Å²) >= 11 is 0. The Hall–Kier alpha value is -3.41. The summed E-state index contributed by atoms with van der Waals surface area (Å²) in [6.07, 6.45) is 1.39. The molecule has 0 saturated heterocycles. The van der Waals surface area contributed by atoms with E-state index < -0.39 is 0 Å². The predicted molar refractivity (Wildman–Crippen MR) is 115 cm³/mol. The molecule has 144 valence electrons. The zero-order valence-electron chi connectivity index (χ0n) is 16.6. The van der Waals surface area contributed by atoms with Gasteiger partial charge in [0.1, 0.15) is 17.8 Å². The zero-order valence-corrected chi connectivity index (χ0v) is 16.6. The number of anilines is 4. The normalized spacial score (nSPS) is 10.6. The molecule has 2 N–H and O–H groups in total. The fraction of sp³-hybridized carbons (Fsp3) is 0.227. The van der Waals surface area contributed by atoms with Crippen LogP contribution in [0.4, 0.5) is 22.9 Å². The number of hydrogen-bond donors (Lipinski definition) is 2. The summed E-state index contributed by atoms with van der Waals surface area (Å²) in [6.45, 7) is 4.28. The standard InChI is InChI=1S/C22H25N5O/c1-15(2)18-7-5-6-8-19(18)26-21-13-20(23-14-24-21)22(28)25-16-9-11-17(12-10-16)27(3)4/h5-15H,1-4H3,(H,25,28)(H,23,24,26). The lowest BCUT2D eigenvalue weighted by molar-refractivity contribution is 0.102. The lowest BCUT2D eigenvalue weighted by Gasteiger charge is -2.14. The molecule has 0 aliphatic rings. The van der Waals surface area contributed by atoms with Gasteiger partial charge >= 0.3 is 0 Å². The van der Waals surface area contributed by atoms with Gasteiger partial charge < -0.3 is 15.5 Å². The van der Waals surface area contributed by atoms with Crippen molar-refractivity contribution in [3.05, 3.63) is 72.2 Å². The molecule has 28 heavy (non-hydrogen) atoms. The first kappa shape index (κ1) is 19.4. The van der Waals surface area contributed by atoms with Crippen LogP contribution in [0.1, 0.15) is 35.8 Å². The number of para-hydroxylation sites is 1. The van der Waals surface area contributed by atoms with Crippen LogP contribution in [0.25, 0.3) is 0 Å². The maximum absolute atomic E-state index is 12.6. The van der Waals surface area contributed by atoms with Gasteiger partial charge in [0.05, 0.1) is 0 Å². The van der Waals surface area contributed by atoms with Crippen LogP contribution in [0.2, 0.25) is 0 Å². The first-order valence-corrected chi connectivity index (χ1v) is 9.21. The van der Waals surface area contributed by atoms with Crippen LogP contribution >= 0.6 is 0 Å². The summed E-state index contributed by atoms with van der Waals surface area (Å²) in [7, 11) is 3.95. The highest BCUT2D eigenvalue weighted by atomic mass is 16.1. The highest BCUT2D eigenvalue weighted by molar-refractivity contribution is 6.03. The molecule has 6 nitrogen and oxygen atoms in total. The summed E-state index contributed by atoms with van der Waals surface area (Å²) in [5.41, 5.74) is 4.25. The number of carbonyl (C=O) groups excluding carboxylic acids is 1. The number of aromatic nitrogens is 2. The molecule has 0 aliphatic heterocycles. The van der Waals surface area contributed by atoms with E-state index >= 15 is 0 Å². The first-order valence-electron chi connectivity index (χ1n) is 9.21. The van der Waals surface area contributed by atoms with Gasteiger partial charge in [-0.2, -0.15) is 0 Å². The predicted octanol–water partition coefficient (Wildman–Crippen LogP) is 4.66. The fourth-order valence-corrected chi connectivity index (χ4v) is 2.84. The SMILES string of the molecule is CC(C)c1ccccc1Nc1cc(C(=O)Nc2ccc(N(C)C)cc2)ncn1. The maximum atomic E-state index is 12.6. The van der Waals surface area contributed by atoms with Gasteiger partial charge in [-0.3, -0.25) is 4.79 Å². The van der Waals surface area contributed by atoms with Crippen molar-refractivity contribution >= 4 is 28.8 Å². The van der Waals surface area contributed by atoms with Crippen LogP contribution in [0.3, 0.4) is 0 Å². The monoisotopic (exact) mass is 375 g/mol. The third-order valence-electron chi connectivity index (χ3n) is 4.39. The third-order valence-corrected chi connectivity index (χ3v) is 4.39. The molecule has 6 heteroatoms. The second kappa shape index (κ2) is 8.52. The summed E-state index contributed by atoms with van der Waals surface area (Å²) in [5.74, 6) is 0.676. The van der Waals surface area contributed by atoms with Crippen molar-refractivity contribution in [3.63, 3.8) is 0 Å². The van der Waals surface area contributed by atoms with E-state index in [1.807, 2.05) is 61.5 Å². The van der Waals surface area contributed by atoms with Crippen LogP contribution in [0.15, 0.2) is 60.9 Å². The Balaban J connectivity index is 1.75. The summed E-state index contributed by atoms with van der Waals surface area (Å²) in [5, 5.41) is 6.17. The highest BCUT2D eigenvalue weighted by Gasteiger charge is 2.11. The minimum absolute atomic E-state index is 0.278. The molecule has 0 saturated carbocycles. The van der Waals surface area contributed by atoms with E-state index in [4.69, 9.17) is 0 Å². The Labute approximate surface area is 165 Å². The Kier molecular flexibility index (Phi) is 5.89. The molecule has 1 heterocycles. The second-order valence-electron chi connectivity index (χ2n) is 7.05. The van der Waals surface area contributed by atoms with Crippen molar-refractivity contribution < 1.29 is 4.79 Å². The van der Waals surface area contributed by atoms with Crippen LogP contribution in [-0.4, -0.2) is 30.0 Å². The summed E-state index contributed by atoms with van der Waals surface area (Å²) in [4.78, 5) is 22.9. The molecule has 0 unspecified atom stereocenters. The molecule has 0 aliphatic carbocycles. The van der Waals surface area contributed by atoms with Gasteiger partial charge in [0, 0.05) is 37.2 Å². The van der Waals surface area contributed by atoms with Crippen LogP contribution in [0.5, 0.6) is 0 Å². The van der Waals surface area contributed by atoms with E-state index in [1.54, 1.807) is 6.07 Å². The highest BCUT2D eigenvalue weighted by Crippen LogP contribution is 2.26. The van der Waals surface area contributed by atoms with Gasteiger partial charge in [0.2, 0.25) is 0 Å². The fourth-order valence-electron chi connectivity index (χ4n) is 2.84. The molecule has 3 rings (SSSR count). The number of rotatable bonds is 6. The Morgan fingerprint density at radius 2 is 1.71 bits per heavy atom. The largest absolute Gasteiger partial charge is 0.378 e. The minimum Gasteiger partial charge on any atom is -0.378 e. The Morgan fingerprint density at radius 3 is 2.39 bits per heavy atom. The van der Waals surface area contributed by atoms with Gasteiger partial charge in [-0.25, -0.2) is 9.97 Å². The third kappa shape index (κ3) is 4.65. The average molecular weight is 375 g/mol. The van der Waals surface area contributed by atoms with E-state index in [0.29, 0.717) is 23.1 Å². The molecule has 1 amide bonds. The van der Waals surface area contributed by atoms with Crippen molar-refractivity contribution in [2.24, 2.45) is 0 Å². The van der Waals surface area contributed by atoms with Gasteiger partial charge in [-0.1, -0.05) is 32.0 Å². The molecule has 0 fully saturated rings. The molecular weight excluding hydrogens is 350 g/mol. The quantitative estimate of drug-likeness (QED) is 0.656. The van der Waals surface area contributed by atoms with Crippen molar-refractivity contribution in [1.29, 1.82) is 0 Å². The van der Waals surface area contributed by atoms with Crippen LogP contribution in [-0.2, 0) is 0 Å². The molecule has 0 radical (unpaired) electrons. The number of amides is 1.